The molecule has 6 nitrogen and oxygen atoms in total. The van der Waals surface area contributed by atoms with E-state index in [1.54, 1.807) is 31.4 Å². The van der Waals surface area contributed by atoms with Gasteiger partial charge < -0.3 is 4.90 Å². The van der Waals surface area contributed by atoms with Crippen LogP contribution in [0.2, 0.25) is 0 Å². The van der Waals surface area contributed by atoms with Crippen LogP contribution in [0.5, 0.6) is 0 Å². The van der Waals surface area contributed by atoms with Gasteiger partial charge in [-0.3, -0.25) is 9.36 Å². The molecule has 1 amide bonds. The molecule has 0 aliphatic carbocycles. The van der Waals surface area contributed by atoms with Gasteiger partial charge in [-0.15, -0.1) is 0 Å². The molecule has 0 atom stereocenters. The third kappa shape index (κ3) is 3.64. The first-order chi connectivity index (χ1) is 12.5. The van der Waals surface area contributed by atoms with Crippen LogP contribution < -0.4 is 0 Å². The fourth-order valence-electron chi connectivity index (χ4n) is 2.68. The van der Waals surface area contributed by atoms with Crippen LogP contribution >= 0.6 is 0 Å². The Morgan fingerprint density at radius 2 is 1.88 bits per heavy atom. The number of hydrogen-bond acceptors (Lipinski definition) is 4. The maximum absolute atomic E-state index is 12.2. The van der Waals surface area contributed by atoms with E-state index in [2.05, 4.69) is 28.8 Å². The number of benzene rings is 1. The number of carbonyl (C=O) groups is 1. The molecule has 0 unspecified atom stereocenters. The normalized spacial score (nSPS) is 11.0. The van der Waals surface area contributed by atoms with E-state index in [0.29, 0.717) is 6.42 Å². The first-order valence-corrected chi connectivity index (χ1v) is 8.62. The van der Waals surface area contributed by atoms with Crippen molar-refractivity contribution in [3.8, 4) is 17.2 Å². The van der Waals surface area contributed by atoms with E-state index in [-0.39, 0.29) is 11.8 Å². The zero-order valence-electron chi connectivity index (χ0n) is 15.5. The van der Waals surface area contributed by atoms with Crippen LogP contribution in [0.1, 0.15) is 31.2 Å². The first kappa shape index (κ1) is 17.8. The number of hydrogen-bond donors (Lipinski definition) is 0. The summed E-state index contributed by atoms with van der Waals surface area (Å²) in [5, 5.41) is 0. The number of amides is 1. The summed E-state index contributed by atoms with van der Waals surface area (Å²) in [6.07, 6.45) is 5.74. The van der Waals surface area contributed by atoms with E-state index in [9.17, 15) is 4.79 Å². The van der Waals surface area contributed by atoms with E-state index >= 15 is 0 Å². The summed E-state index contributed by atoms with van der Waals surface area (Å²) in [7, 11) is 3.53. The first-order valence-electron chi connectivity index (χ1n) is 8.62. The van der Waals surface area contributed by atoms with Crippen LogP contribution in [-0.2, 0) is 11.2 Å². The topological polar surface area (TPSA) is 63.9 Å². The largest absolute Gasteiger partial charge is 0.349 e. The third-order valence-corrected chi connectivity index (χ3v) is 4.15. The monoisotopic (exact) mass is 349 g/mol. The molecule has 0 radical (unpaired) electrons. The van der Waals surface area contributed by atoms with Crippen molar-refractivity contribution < 1.29 is 4.79 Å². The van der Waals surface area contributed by atoms with Crippen LogP contribution in [0, 0.1) is 0 Å². The van der Waals surface area contributed by atoms with Crippen molar-refractivity contribution in [1.82, 2.24) is 24.4 Å². The van der Waals surface area contributed by atoms with Gasteiger partial charge in [-0.05, 0) is 17.7 Å². The smallest absolute Gasteiger partial charge is 0.226 e. The number of imidazole rings is 1. The van der Waals surface area contributed by atoms with E-state index < -0.39 is 0 Å². The lowest BCUT2D eigenvalue weighted by atomic mass is 10.1. The van der Waals surface area contributed by atoms with Crippen molar-refractivity contribution >= 4 is 5.91 Å². The Hall–Kier alpha value is -3.02. The Morgan fingerprint density at radius 3 is 2.62 bits per heavy atom. The summed E-state index contributed by atoms with van der Waals surface area (Å²) in [5.74, 6) is 1.82. The standard InChI is InChI=1S/C20H23N5O/c1-14(2)19-21-10-9-16(23-19)20-22-11-12-25(20)17-8-6-5-7-15(17)13-18(26)24(3)4/h5-12,14H,13H2,1-4H3. The number of aromatic nitrogens is 4. The molecular formula is C20H23N5O. The predicted octanol–water partition coefficient (Wildman–Crippen LogP) is 3.08. The highest BCUT2D eigenvalue weighted by atomic mass is 16.2. The highest BCUT2D eigenvalue weighted by Crippen LogP contribution is 2.23. The molecule has 2 aromatic heterocycles. The Bertz CT molecular complexity index is 914. The predicted molar refractivity (Wildman–Crippen MR) is 101 cm³/mol. The Kier molecular flexibility index (Phi) is 5.11. The molecule has 6 heteroatoms. The second kappa shape index (κ2) is 7.47. The van der Waals surface area contributed by atoms with Gasteiger partial charge in [-0.2, -0.15) is 0 Å². The van der Waals surface area contributed by atoms with Gasteiger partial charge in [-0.25, -0.2) is 15.0 Å². The van der Waals surface area contributed by atoms with Crippen molar-refractivity contribution in [2.75, 3.05) is 14.1 Å². The molecule has 0 saturated carbocycles. The fourth-order valence-corrected chi connectivity index (χ4v) is 2.68. The molecule has 0 fully saturated rings. The van der Waals surface area contributed by atoms with Gasteiger partial charge in [0.25, 0.3) is 0 Å². The maximum Gasteiger partial charge on any atom is 0.226 e. The third-order valence-electron chi connectivity index (χ3n) is 4.15. The zero-order valence-corrected chi connectivity index (χ0v) is 15.5. The summed E-state index contributed by atoms with van der Waals surface area (Å²) in [6.45, 7) is 4.13. The highest BCUT2D eigenvalue weighted by molar-refractivity contribution is 5.79. The van der Waals surface area contributed by atoms with Gasteiger partial charge in [0, 0.05) is 38.6 Å². The van der Waals surface area contributed by atoms with E-state index in [1.807, 2.05) is 41.1 Å². The van der Waals surface area contributed by atoms with E-state index in [1.165, 1.54) is 0 Å². The molecule has 3 aromatic rings. The van der Waals surface area contributed by atoms with Crippen molar-refractivity contribution in [3.63, 3.8) is 0 Å². The number of nitrogens with zero attached hydrogens (tertiary/aromatic N) is 5. The molecule has 0 bridgehead atoms. The van der Waals surface area contributed by atoms with Crippen molar-refractivity contribution in [2.24, 2.45) is 0 Å². The van der Waals surface area contributed by atoms with Crippen molar-refractivity contribution in [3.05, 3.63) is 60.3 Å². The molecule has 0 aliphatic rings. The highest BCUT2D eigenvalue weighted by Gasteiger charge is 2.15. The van der Waals surface area contributed by atoms with Gasteiger partial charge in [0.15, 0.2) is 5.82 Å². The molecular weight excluding hydrogens is 326 g/mol. The lowest BCUT2D eigenvalue weighted by Crippen LogP contribution is -2.24. The average Bonchev–Trinajstić information content (AvgIpc) is 3.11. The zero-order chi connectivity index (χ0) is 18.7. The van der Waals surface area contributed by atoms with Gasteiger partial charge in [0.1, 0.15) is 11.5 Å². The lowest BCUT2D eigenvalue weighted by molar-refractivity contribution is -0.127. The molecule has 0 spiro atoms. The molecule has 0 N–H and O–H groups in total. The molecule has 134 valence electrons. The summed E-state index contributed by atoms with van der Waals surface area (Å²) in [4.78, 5) is 27.3. The van der Waals surface area contributed by atoms with Crippen LogP contribution in [0.25, 0.3) is 17.2 Å². The van der Waals surface area contributed by atoms with Crippen LogP contribution in [0.15, 0.2) is 48.9 Å². The second-order valence-electron chi connectivity index (χ2n) is 6.67. The number of para-hydroxylation sites is 1. The van der Waals surface area contributed by atoms with Gasteiger partial charge in [-0.1, -0.05) is 32.0 Å². The minimum Gasteiger partial charge on any atom is -0.349 e. The van der Waals surface area contributed by atoms with Gasteiger partial charge in [0.2, 0.25) is 5.91 Å². The quantitative estimate of drug-likeness (QED) is 0.710. The molecule has 0 saturated heterocycles. The SMILES string of the molecule is CC(C)c1nccc(-c2nccn2-c2ccccc2CC(=O)N(C)C)n1. The van der Waals surface area contributed by atoms with Crippen molar-refractivity contribution in [1.29, 1.82) is 0 Å². The second-order valence-corrected chi connectivity index (χ2v) is 6.67. The Balaban J connectivity index is 2.05. The average molecular weight is 349 g/mol. The van der Waals surface area contributed by atoms with Crippen LogP contribution in [0.3, 0.4) is 0 Å². The Morgan fingerprint density at radius 1 is 1.12 bits per heavy atom. The minimum absolute atomic E-state index is 0.0586. The number of rotatable bonds is 5. The molecule has 26 heavy (non-hydrogen) atoms. The number of carbonyl (C=O) groups excluding carboxylic acids is 1. The lowest BCUT2D eigenvalue weighted by Gasteiger charge is -2.15. The fraction of sp³-hybridized carbons (Fsp3) is 0.300. The summed E-state index contributed by atoms with van der Waals surface area (Å²) in [6, 6.07) is 9.73. The van der Waals surface area contributed by atoms with Gasteiger partial charge in [0.05, 0.1) is 12.1 Å². The summed E-state index contributed by atoms with van der Waals surface area (Å²) < 4.78 is 1.98. The summed E-state index contributed by atoms with van der Waals surface area (Å²) >= 11 is 0. The van der Waals surface area contributed by atoms with E-state index in [4.69, 9.17) is 0 Å². The van der Waals surface area contributed by atoms with E-state index in [0.717, 1.165) is 28.6 Å². The molecule has 1 aromatic carbocycles. The van der Waals surface area contributed by atoms with Crippen LogP contribution in [0.4, 0.5) is 0 Å². The Labute approximate surface area is 153 Å². The minimum atomic E-state index is 0.0586. The van der Waals surface area contributed by atoms with Crippen LogP contribution in [-0.4, -0.2) is 44.4 Å². The van der Waals surface area contributed by atoms with Gasteiger partial charge >= 0.3 is 0 Å². The van der Waals surface area contributed by atoms with Crippen molar-refractivity contribution in [2.45, 2.75) is 26.2 Å². The molecule has 3 rings (SSSR count). The maximum atomic E-state index is 12.2. The number of likely N-dealkylation sites (N-methyl/N-ethyl adjacent to an activating group) is 1. The molecule has 2 heterocycles. The summed E-state index contributed by atoms with van der Waals surface area (Å²) in [5.41, 5.74) is 2.64. The molecule has 0 aliphatic heterocycles.